The van der Waals surface area contributed by atoms with E-state index < -0.39 is 0 Å². The monoisotopic (exact) mass is 334 g/mol. The summed E-state index contributed by atoms with van der Waals surface area (Å²) in [5.74, 6) is 1.13. The number of benzene rings is 2. The van der Waals surface area contributed by atoms with Crippen molar-refractivity contribution in [3.63, 3.8) is 0 Å². The molecular weight excluding hydrogens is 308 g/mol. The zero-order valence-electron chi connectivity index (χ0n) is 15.1. The summed E-state index contributed by atoms with van der Waals surface area (Å²) in [4.78, 5) is 0. The second kappa shape index (κ2) is 6.79. The SMILES string of the molecule is CCC(C)(C)c1cc(C2C=CC(c3ccc(O)cc3)C=C2)ccc1O. The minimum absolute atomic E-state index is 0.0449. The number of phenolic OH excluding ortho intramolecular Hbond substituents is 2. The first-order valence-electron chi connectivity index (χ1n) is 8.89. The molecule has 0 fully saturated rings. The number of phenols is 2. The van der Waals surface area contributed by atoms with Crippen LogP contribution in [-0.4, -0.2) is 10.2 Å². The number of hydrogen-bond donors (Lipinski definition) is 2. The van der Waals surface area contributed by atoms with Crippen LogP contribution >= 0.6 is 0 Å². The van der Waals surface area contributed by atoms with Crippen LogP contribution in [0.2, 0.25) is 0 Å². The minimum Gasteiger partial charge on any atom is -0.508 e. The topological polar surface area (TPSA) is 40.5 Å². The third kappa shape index (κ3) is 3.63. The summed E-state index contributed by atoms with van der Waals surface area (Å²) in [6.45, 7) is 6.48. The average molecular weight is 334 g/mol. The molecule has 0 bridgehead atoms. The van der Waals surface area contributed by atoms with Crippen LogP contribution in [-0.2, 0) is 5.41 Å². The van der Waals surface area contributed by atoms with Crippen molar-refractivity contribution in [1.82, 2.24) is 0 Å². The molecule has 0 atom stereocenters. The van der Waals surface area contributed by atoms with Gasteiger partial charge in [-0.05, 0) is 46.7 Å². The van der Waals surface area contributed by atoms with E-state index in [4.69, 9.17) is 0 Å². The zero-order chi connectivity index (χ0) is 18.0. The molecule has 0 amide bonds. The van der Waals surface area contributed by atoms with E-state index in [2.05, 4.69) is 51.1 Å². The predicted molar refractivity (Wildman–Crippen MR) is 103 cm³/mol. The number of rotatable bonds is 4. The fraction of sp³-hybridized carbons (Fsp3) is 0.304. The lowest BCUT2D eigenvalue weighted by atomic mass is 9.79. The first kappa shape index (κ1) is 17.3. The maximum atomic E-state index is 10.3. The molecule has 0 heterocycles. The summed E-state index contributed by atoms with van der Waals surface area (Å²) >= 11 is 0. The van der Waals surface area contributed by atoms with Crippen molar-refractivity contribution in [1.29, 1.82) is 0 Å². The van der Waals surface area contributed by atoms with Gasteiger partial charge in [0, 0.05) is 11.8 Å². The van der Waals surface area contributed by atoms with Gasteiger partial charge in [0.2, 0.25) is 0 Å². The largest absolute Gasteiger partial charge is 0.508 e. The molecule has 25 heavy (non-hydrogen) atoms. The van der Waals surface area contributed by atoms with E-state index in [0.29, 0.717) is 11.5 Å². The summed E-state index contributed by atoms with van der Waals surface area (Å²) in [5, 5.41) is 19.7. The molecule has 2 heteroatoms. The number of hydrogen-bond acceptors (Lipinski definition) is 2. The lowest BCUT2D eigenvalue weighted by Gasteiger charge is -2.26. The fourth-order valence-corrected chi connectivity index (χ4v) is 3.24. The molecule has 0 aliphatic heterocycles. The van der Waals surface area contributed by atoms with E-state index in [1.165, 1.54) is 11.1 Å². The van der Waals surface area contributed by atoms with E-state index >= 15 is 0 Å². The highest BCUT2D eigenvalue weighted by Gasteiger charge is 2.23. The van der Waals surface area contributed by atoms with Gasteiger partial charge in [0.05, 0.1) is 0 Å². The lowest BCUT2D eigenvalue weighted by Crippen LogP contribution is -2.16. The van der Waals surface area contributed by atoms with E-state index in [1.807, 2.05) is 24.3 Å². The molecule has 0 saturated carbocycles. The van der Waals surface area contributed by atoms with Crippen LogP contribution in [0.15, 0.2) is 66.8 Å². The second-order valence-electron chi connectivity index (χ2n) is 7.43. The van der Waals surface area contributed by atoms with Crippen molar-refractivity contribution in [3.8, 4) is 11.5 Å². The number of aromatic hydroxyl groups is 2. The third-order valence-electron chi connectivity index (χ3n) is 5.35. The van der Waals surface area contributed by atoms with Crippen molar-refractivity contribution >= 4 is 0 Å². The quantitative estimate of drug-likeness (QED) is 0.696. The first-order chi connectivity index (χ1) is 11.9. The van der Waals surface area contributed by atoms with Crippen molar-refractivity contribution < 1.29 is 10.2 Å². The first-order valence-corrected chi connectivity index (χ1v) is 8.89. The second-order valence-corrected chi connectivity index (χ2v) is 7.43. The third-order valence-corrected chi connectivity index (χ3v) is 5.35. The summed E-state index contributed by atoms with van der Waals surface area (Å²) in [6, 6.07) is 13.3. The molecule has 1 aliphatic carbocycles. The van der Waals surface area contributed by atoms with Crippen LogP contribution in [0, 0.1) is 0 Å². The van der Waals surface area contributed by atoms with E-state index in [9.17, 15) is 10.2 Å². The van der Waals surface area contributed by atoms with Crippen molar-refractivity contribution in [2.75, 3.05) is 0 Å². The maximum Gasteiger partial charge on any atom is 0.119 e. The predicted octanol–water partition coefficient (Wildman–Crippen LogP) is 5.78. The molecule has 0 aromatic heterocycles. The molecular formula is C23H26O2. The molecule has 3 rings (SSSR count). The summed E-state index contributed by atoms with van der Waals surface area (Å²) in [7, 11) is 0. The van der Waals surface area contributed by atoms with Gasteiger partial charge in [-0.2, -0.15) is 0 Å². The molecule has 130 valence electrons. The van der Waals surface area contributed by atoms with Crippen LogP contribution in [0.3, 0.4) is 0 Å². The van der Waals surface area contributed by atoms with Gasteiger partial charge in [-0.3, -0.25) is 0 Å². The van der Waals surface area contributed by atoms with E-state index in [-0.39, 0.29) is 17.3 Å². The molecule has 2 aromatic rings. The van der Waals surface area contributed by atoms with Gasteiger partial charge in [-0.15, -0.1) is 0 Å². The van der Waals surface area contributed by atoms with Gasteiger partial charge >= 0.3 is 0 Å². The molecule has 2 nitrogen and oxygen atoms in total. The minimum atomic E-state index is -0.0449. The van der Waals surface area contributed by atoms with E-state index in [1.54, 1.807) is 12.1 Å². The van der Waals surface area contributed by atoms with Gasteiger partial charge in [-0.25, -0.2) is 0 Å². The molecule has 0 radical (unpaired) electrons. The fourth-order valence-electron chi connectivity index (χ4n) is 3.24. The van der Waals surface area contributed by atoms with Gasteiger partial charge in [-0.1, -0.05) is 69.3 Å². The number of allylic oxidation sites excluding steroid dienone is 4. The highest BCUT2D eigenvalue weighted by atomic mass is 16.3. The highest BCUT2D eigenvalue weighted by Crippen LogP contribution is 2.37. The molecule has 2 N–H and O–H groups in total. The Morgan fingerprint density at radius 3 is 1.88 bits per heavy atom. The Morgan fingerprint density at radius 1 is 0.800 bits per heavy atom. The van der Waals surface area contributed by atoms with E-state index in [0.717, 1.165) is 12.0 Å². The Hall–Kier alpha value is -2.48. The lowest BCUT2D eigenvalue weighted by molar-refractivity contribution is 0.428. The molecule has 0 saturated heterocycles. The van der Waals surface area contributed by atoms with Crippen molar-refractivity contribution in [2.24, 2.45) is 0 Å². The zero-order valence-corrected chi connectivity index (χ0v) is 15.1. The average Bonchev–Trinajstić information content (AvgIpc) is 2.63. The normalized spacial score (nSPS) is 20.0. The maximum absolute atomic E-state index is 10.3. The van der Waals surface area contributed by atoms with Crippen LogP contribution in [0.25, 0.3) is 0 Å². The van der Waals surface area contributed by atoms with Crippen LogP contribution < -0.4 is 0 Å². The van der Waals surface area contributed by atoms with Crippen molar-refractivity contribution in [2.45, 2.75) is 44.4 Å². The highest BCUT2D eigenvalue weighted by molar-refractivity contribution is 5.46. The smallest absolute Gasteiger partial charge is 0.119 e. The molecule has 2 aromatic carbocycles. The van der Waals surface area contributed by atoms with Gasteiger partial charge in [0.15, 0.2) is 0 Å². The Labute approximate surface area is 150 Å². The Kier molecular flexibility index (Phi) is 4.71. The van der Waals surface area contributed by atoms with Crippen molar-refractivity contribution in [3.05, 3.63) is 83.5 Å². The Bertz CT molecular complexity index is 783. The van der Waals surface area contributed by atoms with Gasteiger partial charge < -0.3 is 10.2 Å². The summed E-state index contributed by atoms with van der Waals surface area (Å²) in [6.07, 6.45) is 9.81. The van der Waals surface area contributed by atoms with Gasteiger partial charge in [0.25, 0.3) is 0 Å². The van der Waals surface area contributed by atoms with Crippen LogP contribution in [0.4, 0.5) is 0 Å². The molecule has 0 spiro atoms. The van der Waals surface area contributed by atoms with Crippen LogP contribution in [0.5, 0.6) is 11.5 Å². The standard InChI is InChI=1S/C23H26O2/c1-4-23(2,3)21-15-19(11-14-22(21)25)18-7-5-16(6-8-18)17-9-12-20(24)13-10-17/h5-16,18,24-25H,4H2,1-3H3. The Morgan fingerprint density at radius 2 is 1.32 bits per heavy atom. The van der Waals surface area contributed by atoms with Gasteiger partial charge in [0.1, 0.15) is 11.5 Å². The van der Waals surface area contributed by atoms with Crippen LogP contribution in [0.1, 0.15) is 55.7 Å². The molecule has 0 unspecified atom stereocenters. The summed E-state index contributed by atoms with van der Waals surface area (Å²) < 4.78 is 0. The molecule has 1 aliphatic rings. The Balaban J connectivity index is 1.83. The summed E-state index contributed by atoms with van der Waals surface area (Å²) in [5.41, 5.74) is 3.33.